The van der Waals surface area contributed by atoms with Crippen LogP contribution in [0.4, 0.5) is 0 Å². The van der Waals surface area contributed by atoms with Crippen molar-refractivity contribution < 1.29 is 23.9 Å². The first-order valence-corrected chi connectivity index (χ1v) is 10.7. The van der Waals surface area contributed by atoms with Gasteiger partial charge in [-0.3, -0.25) is 19.7 Å². The van der Waals surface area contributed by atoms with Crippen LogP contribution in [0.2, 0.25) is 0 Å². The maximum absolute atomic E-state index is 12.7. The first-order valence-electron chi connectivity index (χ1n) is 10.7. The monoisotopic (exact) mass is 419 g/mol. The summed E-state index contributed by atoms with van der Waals surface area (Å²) in [6.07, 6.45) is 3.18. The van der Waals surface area contributed by atoms with E-state index in [0.717, 1.165) is 25.0 Å². The predicted molar refractivity (Wildman–Crippen MR) is 113 cm³/mol. The van der Waals surface area contributed by atoms with E-state index in [1.54, 1.807) is 6.92 Å². The molecule has 2 amide bonds. The molecule has 0 radical (unpaired) electrons. The quantitative estimate of drug-likeness (QED) is 0.235. The van der Waals surface area contributed by atoms with Gasteiger partial charge >= 0.3 is 5.97 Å². The molecule has 0 saturated carbocycles. The summed E-state index contributed by atoms with van der Waals surface area (Å²) in [6.45, 7) is 5.86. The van der Waals surface area contributed by atoms with Crippen molar-refractivity contribution in [2.75, 3.05) is 26.4 Å². The van der Waals surface area contributed by atoms with Crippen LogP contribution >= 0.6 is 0 Å². The number of hydrogen-bond acceptors (Lipinski definition) is 6. The Morgan fingerprint density at radius 3 is 2.50 bits per heavy atom. The van der Waals surface area contributed by atoms with Gasteiger partial charge in [-0.15, -0.1) is 0 Å². The number of hydrogen-bond donors (Lipinski definition) is 3. The van der Waals surface area contributed by atoms with E-state index in [0.29, 0.717) is 26.0 Å². The van der Waals surface area contributed by atoms with Gasteiger partial charge in [0.05, 0.1) is 6.61 Å². The largest absolute Gasteiger partial charge is 0.465 e. The zero-order valence-electron chi connectivity index (χ0n) is 17.8. The molecule has 0 aliphatic carbocycles. The number of benzene rings is 1. The van der Waals surface area contributed by atoms with Crippen LogP contribution in [0, 0.1) is 0 Å². The average molecular weight is 420 g/mol. The molecule has 0 spiro atoms. The second kappa shape index (κ2) is 13.0. The van der Waals surface area contributed by atoms with Gasteiger partial charge in [0.1, 0.15) is 18.1 Å². The minimum Gasteiger partial charge on any atom is -0.465 e. The number of carbonyl (C=O) groups excluding carboxylic acids is 3. The van der Waals surface area contributed by atoms with E-state index in [4.69, 9.17) is 9.47 Å². The Hall–Kier alpha value is -2.45. The molecule has 8 nitrogen and oxygen atoms in total. The molecule has 1 heterocycles. The van der Waals surface area contributed by atoms with Crippen LogP contribution in [0.5, 0.6) is 0 Å². The molecule has 1 fully saturated rings. The molecule has 3 N–H and O–H groups in total. The van der Waals surface area contributed by atoms with Crippen molar-refractivity contribution in [3.8, 4) is 0 Å². The summed E-state index contributed by atoms with van der Waals surface area (Å²) in [6, 6.07) is 7.44. The van der Waals surface area contributed by atoms with E-state index in [1.165, 1.54) is 0 Å². The summed E-state index contributed by atoms with van der Waals surface area (Å²) in [4.78, 5) is 37.0. The highest BCUT2D eigenvalue weighted by Crippen LogP contribution is 2.14. The van der Waals surface area contributed by atoms with Gasteiger partial charge in [0.15, 0.2) is 0 Å². The Morgan fingerprint density at radius 2 is 1.80 bits per heavy atom. The van der Waals surface area contributed by atoms with Crippen LogP contribution in [-0.2, 0) is 30.3 Å². The van der Waals surface area contributed by atoms with Gasteiger partial charge in [0, 0.05) is 26.2 Å². The second-order valence-corrected chi connectivity index (χ2v) is 7.24. The van der Waals surface area contributed by atoms with Crippen molar-refractivity contribution in [1.82, 2.24) is 16.0 Å². The molecule has 0 aromatic heterocycles. The Balaban J connectivity index is 1.85. The number of ether oxygens (including phenoxy) is 2. The average Bonchev–Trinajstić information content (AvgIpc) is 3.54. The lowest BCUT2D eigenvalue weighted by atomic mass is 10.0. The van der Waals surface area contributed by atoms with E-state index < -0.39 is 24.1 Å². The molecule has 3 atom stereocenters. The van der Waals surface area contributed by atoms with Gasteiger partial charge in [-0.05, 0) is 25.3 Å². The highest BCUT2D eigenvalue weighted by molar-refractivity contribution is 5.97. The fraction of sp³-hybridized carbons (Fsp3) is 0.591. The molecule has 166 valence electrons. The number of rotatable bonds is 14. The molecule has 8 heteroatoms. The minimum absolute atomic E-state index is 0.255. The van der Waals surface area contributed by atoms with Crippen LogP contribution in [0.1, 0.15) is 38.7 Å². The molecule has 1 saturated heterocycles. The standard InChI is InChI=1S/C22H33N3O5/c1-3-5-13-29-14-9-12-23-20(26)17(15-16-10-7-6-8-11-16)24-21(27)18-19(25-18)22(28)30-4-2/h6-8,10-11,17-19,25H,3-5,9,12-15H2,1-2H3,(H,23,26)(H,24,27)/t17-,18-,19-/m0/s1. The molecule has 2 rings (SSSR count). The Labute approximate surface area is 178 Å². The lowest BCUT2D eigenvalue weighted by Gasteiger charge is -2.18. The van der Waals surface area contributed by atoms with Crippen LogP contribution < -0.4 is 16.0 Å². The van der Waals surface area contributed by atoms with Crippen LogP contribution in [0.15, 0.2) is 30.3 Å². The van der Waals surface area contributed by atoms with Gasteiger partial charge in [-0.2, -0.15) is 0 Å². The molecule has 1 aromatic carbocycles. The molecular weight excluding hydrogens is 386 g/mol. The summed E-state index contributed by atoms with van der Waals surface area (Å²) < 4.78 is 10.4. The van der Waals surface area contributed by atoms with Gasteiger partial charge in [-0.25, -0.2) is 0 Å². The van der Waals surface area contributed by atoms with Gasteiger partial charge in [-0.1, -0.05) is 43.7 Å². The third-order valence-electron chi connectivity index (χ3n) is 4.73. The first-order chi connectivity index (χ1) is 14.6. The molecule has 30 heavy (non-hydrogen) atoms. The summed E-state index contributed by atoms with van der Waals surface area (Å²) in [5, 5.41) is 8.44. The third-order valence-corrected chi connectivity index (χ3v) is 4.73. The first kappa shape index (κ1) is 23.8. The normalized spacial score (nSPS) is 18.3. The molecule has 1 aliphatic heterocycles. The number of unbranched alkanes of at least 4 members (excludes halogenated alkanes) is 1. The minimum atomic E-state index is -0.730. The zero-order valence-corrected chi connectivity index (χ0v) is 17.8. The maximum Gasteiger partial charge on any atom is 0.325 e. The fourth-order valence-corrected chi connectivity index (χ4v) is 2.98. The zero-order chi connectivity index (χ0) is 21.8. The van der Waals surface area contributed by atoms with E-state index in [1.807, 2.05) is 30.3 Å². The number of nitrogens with one attached hydrogen (secondary N) is 3. The van der Waals surface area contributed by atoms with Crippen LogP contribution in [0.3, 0.4) is 0 Å². The van der Waals surface area contributed by atoms with Crippen molar-refractivity contribution in [1.29, 1.82) is 0 Å². The molecule has 1 aliphatic rings. The number of carbonyl (C=O) groups is 3. The summed E-state index contributed by atoms with van der Waals surface area (Å²) in [5.74, 6) is -1.09. The molecule has 1 aromatic rings. The summed E-state index contributed by atoms with van der Waals surface area (Å²) in [5.41, 5.74) is 0.937. The Kier molecular flexibility index (Phi) is 10.3. The van der Waals surface area contributed by atoms with E-state index in [9.17, 15) is 14.4 Å². The van der Waals surface area contributed by atoms with Gasteiger partial charge in [0.2, 0.25) is 11.8 Å². The van der Waals surface area contributed by atoms with Crippen molar-refractivity contribution in [2.24, 2.45) is 0 Å². The lowest BCUT2D eigenvalue weighted by molar-refractivity contribution is -0.143. The lowest BCUT2D eigenvalue weighted by Crippen LogP contribution is -2.50. The highest BCUT2D eigenvalue weighted by Gasteiger charge is 2.49. The topological polar surface area (TPSA) is 116 Å². The fourth-order valence-electron chi connectivity index (χ4n) is 2.98. The van der Waals surface area contributed by atoms with E-state index in [2.05, 4.69) is 22.9 Å². The smallest absolute Gasteiger partial charge is 0.325 e. The second-order valence-electron chi connectivity index (χ2n) is 7.24. The summed E-state index contributed by atoms with van der Waals surface area (Å²) in [7, 11) is 0. The van der Waals surface area contributed by atoms with Crippen molar-refractivity contribution in [3.63, 3.8) is 0 Å². The highest BCUT2D eigenvalue weighted by atomic mass is 16.5. The van der Waals surface area contributed by atoms with Gasteiger partial charge in [0.25, 0.3) is 0 Å². The maximum atomic E-state index is 12.7. The van der Waals surface area contributed by atoms with E-state index in [-0.39, 0.29) is 18.4 Å². The van der Waals surface area contributed by atoms with E-state index >= 15 is 0 Å². The molecule has 0 unspecified atom stereocenters. The van der Waals surface area contributed by atoms with Crippen molar-refractivity contribution in [3.05, 3.63) is 35.9 Å². The predicted octanol–water partition coefficient (Wildman–Crippen LogP) is 0.940. The van der Waals surface area contributed by atoms with Crippen LogP contribution in [-0.4, -0.2) is 62.3 Å². The molecular formula is C22H33N3O5. The third kappa shape index (κ3) is 8.12. The Morgan fingerprint density at radius 1 is 1.07 bits per heavy atom. The summed E-state index contributed by atoms with van der Waals surface area (Å²) >= 11 is 0. The number of esters is 1. The van der Waals surface area contributed by atoms with Crippen LogP contribution in [0.25, 0.3) is 0 Å². The number of amides is 2. The SMILES string of the molecule is CCCCOCCCNC(=O)[C@H](Cc1ccccc1)NC(=O)[C@H]1N[C@@H]1C(=O)OCC. The van der Waals surface area contributed by atoms with Gasteiger partial charge < -0.3 is 20.1 Å². The Bertz CT molecular complexity index is 683. The van der Waals surface area contributed by atoms with Crippen molar-refractivity contribution in [2.45, 2.75) is 57.7 Å². The molecule has 0 bridgehead atoms. The van der Waals surface area contributed by atoms with Crippen molar-refractivity contribution >= 4 is 17.8 Å².